The zero-order valence-electron chi connectivity index (χ0n) is 12.8. The van der Waals surface area contributed by atoms with Crippen molar-refractivity contribution in [2.45, 2.75) is 19.8 Å². The number of anilines is 1. The highest BCUT2D eigenvalue weighted by molar-refractivity contribution is 9.10. The molecule has 1 aliphatic heterocycles. The van der Waals surface area contributed by atoms with Crippen molar-refractivity contribution < 1.29 is 4.79 Å². The van der Waals surface area contributed by atoms with Crippen LogP contribution in [0.4, 0.5) is 5.69 Å². The van der Waals surface area contributed by atoms with E-state index in [9.17, 15) is 4.79 Å². The fraction of sp³-hybridized carbons (Fsp3) is 0.562. The van der Waals surface area contributed by atoms with Gasteiger partial charge in [0.05, 0.1) is 6.54 Å². The van der Waals surface area contributed by atoms with Gasteiger partial charge in [0.15, 0.2) is 0 Å². The number of nitrogens with zero attached hydrogens (tertiary/aromatic N) is 1. The summed E-state index contributed by atoms with van der Waals surface area (Å²) in [6.45, 7) is 5.62. The summed E-state index contributed by atoms with van der Waals surface area (Å²) in [4.78, 5) is 14.4. The Labute approximate surface area is 135 Å². The van der Waals surface area contributed by atoms with Gasteiger partial charge in [-0.2, -0.15) is 0 Å². The Bertz CT molecular complexity index is 484. The largest absolute Gasteiger partial charge is 0.325 e. The molecule has 0 spiro atoms. The van der Waals surface area contributed by atoms with Gasteiger partial charge in [-0.05, 0) is 76.1 Å². The molecule has 4 nitrogen and oxygen atoms in total. The van der Waals surface area contributed by atoms with Crippen molar-refractivity contribution >= 4 is 27.5 Å². The Morgan fingerprint density at radius 2 is 2.10 bits per heavy atom. The molecule has 2 rings (SSSR count). The minimum absolute atomic E-state index is 0.0730. The van der Waals surface area contributed by atoms with Crippen molar-refractivity contribution in [3.63, 3.8) is 0 Å². The summed E-state index contributed by atoms with van der Waals surface area (Å²) in [7, 11) is 2.00. The topological polar surface area (TPSA) is 44.4 Å². The Morgan fingerprint density at radius 1 is 1.38 bits per heavy atom. The molecule has 0 aromatic heterocycles. The van der Waals surface area contributed by atoms with Crippen molar-refractivity contribution in [2.24, 2.45) is 5.92 Å². The van der Waals surface area contributed by atoms with E-state index in [2.05, 4.69) is 31.5 Å². The first-order chi connectivity index (χ1) is 10.1. The number of amides is 1. The lowest BCUT2D eigenvalue weighted by Crippen LogP contribution is -2.40. The van der Waals surface area contributed by atoms with Crippen LogP contribution in [0.15, 0.2) is 22.7 Å². The van der Waals surface area contributed by atoms with Gasteiger partial charge in [-0.3, -0.25) is 9.69 Å². The third-order valence-electron chi connectivity index (χ3n) is 4.01. The Morgan fingerprint density at radius 3 is 2.71 bits per heavy atom. The predicted octanol–water partition coefficient (Wildman–Crippen LogP) is 2.63. The number of aryl methyl sites for hydroxylation is 1. The molecule has 116 valence electrons. The molecule has 2 N–H and O–H groups in total. The quantitative estimate of drug-likeness (QED) is 0.855. The van der Waals surface area contributed by atoms with Crippen molar-refractivity contribution in [2.75, 3.05) is 38.5 Å². The maximum Gasteiger partial charge on any atom is 0.238 e. The Hall–Kier alpha value is -0.910. The maximum atomic E-state index is 12.1. The number of nitrogens with one attached hydrogen (secondary N) is 2. The standard InChI is InChI=1S/C16H24BrN3O/c1-12-9-14(3-4-15(12)17)19-16(21)11-20-7-5-13(6-8-20)10-18-2/h3-4,9,13,18H,5-8,10-11H2,1-2H3,(H,19,21). The van der Waals surface area contributed by atoms with Gasteiger partial charge in [-0.1, -0.05) is 15.9 Å². The molecule has 0 aliphatic carbocycles. The van der Waals surface area contributed by atoms with Gasteiger partial charge in [0.2, 0.25) is 5.91 Å². The molecule has 1 fully saturated rings. The number of piperidine rings is 1. The van der Waals surface area contributed by atoms with Crippen LogP contribution in [0, 0.1) is 12.8 Å². The van der Waals surface area contributed by atoms with Crippen molar-refractivity contribution in [1.82, 2.24) is 10.2 Å². The first-order valence-electron chi connectivity index (χ1n) is 7.51. The second-order valence-electron chi connectivity index (χ2n) is 5.79. The molecular formula is C16H24BrN3O. The van der Waals surface area contributed by atoms with E-state index in [4.69, 9.17) is 0 Å². The Balaban J connectivity index is 1.78. The van der Waals surface area contributed by atoms with E-state index in [-0.39, 0.29) is 5.91 Å². The van der Waals surface area contributed by atoms with Crippen LogP contribution in [0.1, 0.15) is 18.4 Å². The van der Waals surface area contributed by atoms with Crippen LogP contribution >= 0.6 is 15.9 Å². The van der Waals surface area contributed by atoms with Gasteiger partial charge in [-0.25, -0.2) is 0 Å². The molecular weight excluding hydrogens is 330 g/mol. The molecule has 0 bridgehead atoms. The maximum absolute atomic E-state index is 12.1. The summed E-state index contributed by atoms with van der Waals surface area (Å²) in [5.41, 5.74) is 1.99. The zero-order chi connectivity index (χ0) is 15.2. The average Bonchev–Trinajstić information content (AvgIpc) is 2.45. The predicted molar refractivity (Wildman–Crippen MR) is 90.6 cm³/mol. The van der Waals surface area contributed by atoms with E-state index in [0.29, 0.717) is 6.54 Å². The summed E-state index contributed by atoms with van der Waals surface area (Å²) in [6, 6.07) is 5.88. The number of halogens is 1. The van der Waals surface area contributed by atoms with Gasteiger partial charge < -0.3 is 10.6 Å². The average molecular weight is 354 g/mol. The van der Waals surface area contributed by atoms with Crippen LogP contribution in [0.25, 0.3) is 0 Å². The van der Waals surface area contributed by atoms with Crippen LogP contribution in [-0.2, 0) is 4.79 Å². The van der Waals surface area contributed by atoms with Gasteiger partial charge in [0.1, 0.15) is 0 Å². The zero-order valence-corrected chi connectivity index (χ0v) is 14.4. The van der Waals surface area contributed by atoms with E-state index in [1.807, 2.05) is 32.2 Å². The molecule has 1 heterocycles. The summed E-state index contributed by atoms with van der Waals surface area (Å²) in [6.07, 6.45) is 2.34. The highest BCUT2D eigenvalue weighted by atomic mass is 79.9. The summed E-state index contributed by atoms with van der Waals surface area (Å²) >= 11 is 3.47. The van der Waals surface area contributed by atoms with Gasteiger partial charge in [0.25, 0.3) is 0 Å². The first-order valence-corrected chi connectivity index (χ1v) is 8.30. The number of benzene rings is 1. The van der Waals surface area contributed by atoms with E-state index in [0.717, 1.165) is 41.3 Å². The lowest BCUT2D eigenvalue weighted by molar-refractivity contribution is -0.117. The van der Waals surface area contributed by atoms with Crippen molar-refractivity contribution in [3.05, 3.63) is 28.2 Å². The molecule has 1 saturated heterocycles. The summed E-state index contributed by atoms with van der Waals surface area (Å²) in [5.74, 6) is 0.826. The van der Waals surface area contributed by atoms with E-state index in [1.165, 1.54) is 12.8 Å². The number of carbonyl (C=O) groups excluding carboxylic acids is 1. The molecule has 1 aliphatic rings. The second kappa shape index (κ2) is 7.92. The summed E-state index contributed by atoms with van der Waals surface area (Å²) in [5, 5.41) is 6.21. The molecule has 0 saturated carbocycles. The molecule has 5 heteroatoms. The van der Waals surface area contributed by atoms with E-state index in [1.54, 1.807) is 0 Å². The van der Waals surface area contributed by atoms with Crippen LogP contribution in [0.3, 0.4) is 0 Å². The van der Waals surface area contributed by atoms with Gasteiger partial charge >= 0.3 is 0 Å². The molecule has 0 atom stereocenters. The van der Waals surface area contributed by atoms with Gasteiger partial charge in [-0.15, -0.1) is 0 Å². The monoisotopic (exact) mass is 353 g/mol. The van der Waals surface area contributed by atoms with Crippen molar-refractivity contribution in [1.29, 1.82) is 0 Å². The number of hydrogen-bond acceptors (Lipinski definition) is 3. The van der Waals surface area contributed by atoms with Gasteiger partial charge in [0, 0.05) is 10.2 Å². The minimum atomic E-state index is 0.0730. The first kappa shape index (κ1) is 16.5. The molecule has 0 radical (unpaired) electrons. The second-order valence-corrected chi connectivity index (χ2v) is 6.64. The van der Waals surface area contributed by atoms with Crippen LogP contribution in [0.2, 0.25) is 0 Å². The highest BCUT2D eigenvalue weighted by Gasteiger charge is 2.20. The van der Waals surface area contributed by atoms with E-state index >= 15 is 0 Å². The fourth-order valence-corrected chi connectivity index (χ4v) is 3.01. The molecule has 1 aromatic rings. The lowest BCUT2D eigenvalue weighted by atomic mass is 9.97. The molecule has 21 heavy (non-hydrogen) atoms. The van der Waals surface area contributed by atoms with Crippen LogP contribution in [-0.4, -0.2) is 44.0 Å². The molecule has 1 aromatic carbocycles. The normalized spacial score (nSPS) is 16.9. The number of hydrogen-bond donors (Lipinski definition) is 2. The lowest BCUT2D eigenvalue weighted by Gasteiger charge is -2.31. The van der Waals surface area contributed by atoms with Crippen molar-refractivity contribution in [3.8, 4) is 0 Å². The minimum Gasteiger partial charge on any atom is -0.325 e. The number of rotatable bonds is 5. The molecule has 1 amide bonds. The van der Waals surface area contributed by atoms with E-state index < -0.39 is 0 Å². The Kier molecular flexibility index (Phi) is 6.21. The number of carbonyl (C=O) groups is 1. The third kappa shape index (κ3) is 5.09. The number of likely N-dealkylation sites (tertiary alicyclic amines) is 1. The smallest absolute Gasteiger partial charge is 0.238 e. The SMILES string of the molecule is CNCC1CCN(CC(=O)Nc2ccc(Br)c(C)c2)CC1. The van der Waals surface area contributed by atoms with Crippen LogP contribution in [0.5, 0.6) is 0 Å². The fourth-order valence-electron chi connectivity index (χ4n) is 2.76. The summed E-state index contributed by atoms with van der Waals surface area (Å²) < 4.78 is 1.06. The highest BCUT2D eigenvalue weighted by Crippen LogP contribution is 2.20. The molecule has 0 unspecified atom stereocenters. The third-order valence-corrected chi connectivity index (χ3v) is 4.90. The van der Waals surface area contributed by atoms with Crippen LogP contribution < -0.4 is 10.6 Å².